The molecule has 2 rings (SSSR count). The first-order chi connectivity index (χ1) is 8.06. The first-order valence-electron chi connectivity index (χ1n) is 5.37. The Kier molecular flexibility index (Phi) is 3.43. The van der Waals surface area contributed by atoms with Gasteiger partial charge in [-0.25, -0.2) is 4.98 Å². The minimum absolute atomic E-state index is 0.125. The highest BCUT2D eigenvalue weighted by molar-refractivity contribution is 9.10. The van der Waals surface area contributed by atoms with Crippen molar-refractivity contribution in [2.24, 2.45) is 0 Å². The minimum Gasteiger partial charge on any atom is -0.309 e. The van der Waals surface area contributed by atoms with E-state index < -0.39 is 0 Å². The Balaban J connectivity index is 2.34. The molecule has 1 aromatic carbocycles. The third-order valence-corrected chi connectivity index (χ3v) is 3.47. The number of hydrogen-bond donors (Lipinski definition) is 1. The van der Waals surface area contributed by atoms with Gasteiger partial charge < -0.3 is 4.98 Å². The second-order valence-electron chi connectivity index (χ2n) is 4.08. The van der Waals surface area contributed by atoms with Gasteiger partial charge in [0.05, 0.1) is 5.69 Å². The van der Waals surface area contributed by atoms with Crippen LogP contribution in [-0.4, -0.2) is 9.97 Å². The maximum Gasteiger partial charge on any atom is 0.265 e. The lowest BCUT2D eigenvalue weighted by Crippen LogP contribution is -2.14. The number of aromatic amines is 1. The van der Waals surface area contributed by atoms with Crippen molar-refractivity contribution in [1.82, 2.24) is 9.97 Å². The predicted octanol–water partition coefficient (Wildman–Crippen LogP) is 2.74. The van der Waals surface area contributed by atoms with Crippen molar-refractivity contribution in [1.29, 1.82) is 0 Å². The van der Waals surface area contributed by atoms with Crippen LogP contribution in [0.2, 0.25) is 0 Å². The highest BCUT2D eigenvalue weighted by Gasteiger charge is 2.05. The van der Waals surface area contributed by atoms with E-state index in [-0.39, 0.29) is 5.56 Å². The van der Waals surface area contributed by atoms with E-state index in [0.29, 0.717) is 16.7 Å². The van der Waals surface area contributed by atoms with Crippen molar-refractivity contribution in [3.63, 3.8) is 0 Å². The number of rotatable bonds is 2. The molecule has 4 heteroatoms. The van der Waals surface area contributed by atoms with Crippen LogP contribution in [0.5, 0.6) is 0 Å². The second kappa shape index (κ2) is 4.84. The van der Waals surface area contributed by atoms with Crippen molar-refractivity contribution in [2.45, 2.75) is 20.3 Å². The van der Waals surface area contributed by atoms with Crippen LogP contribution in [0.25, 0.3) is 0 Å². The maximum atomic E-state index is 11.6. The summed E-state index contributed by atoms with van der Waals surface area (Å²) < 4.78 is 0.505. The topological polar surface area (TPSA) is 45.8 Å². The minimum atomic E-state index is -0.125. The van der Waals surface area contributed by atoms with E-state index >= 15 is 0 Å². The predicted molar refractivity (Wildman–Crippen MR) is 71.3 cm³/mol. The summed E-state index contributed by atoms with van der Waals surface area (Å²) in [6, 6.07) is 8.18. The van der Waals surface area contributed by atoms with E-state index in [4.69, 9.17) is 0 Å². The lowest BCUT2D eigenvalue weighted by atomic mass is 10.1. The van der Waals surface area contributed by atoms with Crippen LogP contribution in [0.15, 0.2) is 33.5 Å². The number of aromatic nitrogens is 2. The van der Waals surface area contributed by atoms with Gasteiger partial charge in [-0.05, 0) is 35.3 Å². The van der Waals surface area contributed by atoms with E-state index in [1.165, 1.54) is 5.56 Å². The van der Waals surface area contributed by atoms with Gasteiger partial charge in [0.25, 0.3) is 5.56 Å². The Labute approximate surface area is 108 Å². The molecule has 0 aliphatic heterocycles. The third kappa shape index (κ3) is 2.82. The van der Waals surface area contributed by atoms with Crippen LogP contribution in [0.1, 0.15) is 22.6 Å². The zero-order valence-electron chi connectivity index (χ0n) is 9.75. The summed E-state index contributed by atoms with van der Waals surface area (Å²) in [7, 11) is 0. The number of hydrogen-bond acceptors (Lipinski definition) is 2. The van der Waals surface area contributed by atoms with Gasteiger partial charge in [-0.15, -0.1) is 0 Å². The SMILES string of the molecule is Cc1cccc(Cc2nc(C)c(Br)c(=O)[nH]2)c1. The molecule has 88 valence electrons. The summed E-state index contributed by atoms with van der Waals surface area (Å²) in [5.74, 6) is 0.696. The Bertz CT molecular complexity index is 605. The van der Waals surface area contributed by atoms with E-state index in [2.05, 4.69) is 32.0 Å². The zero-order valence-corrected chi connectivity index (χ0v) is 11.3. The van der Waals surface area contributed by atoms with E-state index in [0.717, 1.165) is 11.3 Å². The van der Waals surface area contributed by atoms with Crippen LogP contribution in [0.3, 0.4) is 0 Å². The van der Waals surface area contributed by atoms with Crippen molar-refractivity contribution in [3.8, 4) is 0 Å². The maximum absolute atomic E-state index is 11.6. The van der Waals surface area contributed by atoms with Gasteiger partial charge in [-0.2, -0.15) is 0 Å². The first kappa shape index (κ1) is 12.0. The lowest BCUT2D eigenvalue weighted by molar-refractivity contribution is 0.910. The second-order valence-corrected chi connectivity index (χ2v) is 4.87. The van der Waals surface area contributed by atoms with E-state index in [1.807, 2.05) is 32.0 Å². The van der Waals surface area contributed by atoms with Crippen molar-refractivity contribution >= 4 is 15.9 Å². The number of aryl methyl sites for hydroxylation is 2. The molecule has 0 saturated carbocycles. The molecule has 0 aliphatic rings. The fourth-order valence-electron chi connectivity index (χ4n) is 1.73. The van der Waals surface area contributed by atoms with Gasteiger partial charge in [0.15, 0.2) is 0 Å². The average molecular weight is 293 g/mol. The summed E-state index contributed by atoms with van der Waals surface area (Å²) in [5, 5.41) is 0. The fraction of sp³-hybridized carbons (Fsp3) is 0.231. The van der Waals surface area contributed by atoms with E-state index in [1.54, 1.807) is 0 Å². The molecule has 1 aromatic heterocycles. The molecular weight excluding hydrogens is 280 g/mol. The molecule has 0 bridgehead atoms. The standard InChI is InChI=1S/C13H13BrN2O/c1-8-4-3-5-10(6-8)7-11-15-9(2)12(14)13(17)16-11/h3-6H,7H2,1-2H3,(H,15,16,17). The molecule has 0 radical (unpaired) electrons. The average Bonchev–Trinajstić information content (AvgIpc) is 2.26. The largest absolute Gasteiger partial charge is 0.309 e. The van der Waals surface area contributed by atoms with Gasteiger partial charge in [0.2, 0.25) is 0 Å². The Morgan fingerprint density at radius 1 is 1.35 bits per heavy atom. The van der Waals surface area contributed by atoms with Crippen LogP contribution in [-0.2, 0) is 6.42 Å². The van der Waals surface area contributed by atoms with Crippen molar-refractivity contribution in [3.05, 3.63) is 61.7 Å². The molecule has 0 atom stereocenters. The molecular formula is C13H13BrN2O. The summed E-state index contributed by atoms with van der Waals surface area (Å²) in [6.07, 6.45) is 0.644. The number of benzene rings is 1. The van der Waals surface area contributed by atoms with Gasteiger partial charge in [-0.1, -0.05) is 29.8 Å². The molecule has 1 N–H and O–H groups in total. The highest BCUT2D eigenvalue weighted by Crippen LogP contribution is 2.10. The normalized spacial score (nSPS) is 10.5. The van der Waals surface area contributed by atoms with Gasteiger partial charge >= 0.3 is 0 Å². The smallest absolute Gasteiger partial charge is 0.265 e. The Hall–Kier alpha value is -1.42. The molecule has 3 nitrogen and oxygen atoms in total. The summed E-state index contributed by atoms with van der Waals surface area (Å²) in [5.41, 5.74) is 2.95. The van der Waals surface area contributed by atoms with Crippen LogP contribution >= 0.6 is 15.9 Å². The van der Waals surface area contributed by atoms with E-state index in [9.17, 15) is 4.79 Å². The first-order valence-corrected chi connectivity index (χ1v) is 6.16. The summed E-state index contributed by atoms with van der Waals surface area (Å²) >= 11 is 3.20. The third-order valence-electron chi connectivity index (χ3n) is 2.53. The van der Waals surface area contributed by atoms with Gasteiger partial charge in [-0.3, -0.25) is 4.79 Å². The molecule has 0 aliphatic carbocycles. The zero-order chi connectivity index (χ0) is 12.4. The number of H-pyrrole nitrogens is 1. The quantitative estimate of drug-likeness (QED) is 0.925. The van der Waals surface area contributed by atoms with Crippen LogP contribution < -0.4 is 5.56 Å². The van der Waals surface area contributed by atoms with Crippen molar-refractivity contribution in [2.75, 3.05) is 0 Å². The summed E-state index contributed by atoms with van der Waals surface area (Å²) in [4.78, 5) is 18.7. The monoisotopic (exact) mass is 292 g/mol. The fourth-order valence-corrected chi connectivity index (χ4v) is 1.92. The highest BCUT2D eigenvalue weighted by atomic mass is 79.9. The number of halogens is 1. The molecule has 0 fully saturated rings. The molecule has 17 heavy (non-hydrogen) atoms. The summed E-state index contributed by atoms with van der Waals surface area (Å²) in [6.45, 7) is 3.87. The Morgan fingerprint density at radius 2 is 2.12 bits per heavy atom. The molecule has 0 saturated heterocycles. The van der Waals surface area contributed by atoms with Gasteiger partial charge in [0, 0.05) is 6.42 Å². The molecule has 1 heterocycles. The lowest BCUT2D eigenvalue weighted by Gasteiger charge is -2.04. The number of nitrogens with one attached hydrogen (secondary N) is 1. The van der Waals surface area contributed by atoms with Gasteiger partial charge in [0.1, 0.15) is 10.3 Å². The molecule has 2 aromatic rings. The van der Waals surface area contributed by atoms with Crippen LogP contribution in [0, 0.1) is 13.8 Å². The molecule has 0 unspecified atom stereocenters. The Morgan fingerprint density at radius 3 is 2.76 bits per heavy atom. The van der Waals surface area contributed by atoms with Crippen LogP contribution in [0.4, 0.5) is 0 Å². The molecule has 0 amide bonds. The number of nitrogens with zero attached hydrogens (tertiary/aromatic N) is 1. The van der Waals surface area contributed by atoms with Crippen molar-refractivity contribution < 1.29 is 0 Å². The molecule has 0 spiro atoms.